The summed E-state index contributed by atoms with van der Waals surface area (Å²) in [5.41, 5.74) is 29.9. The van der Waals surface area contributed by atoms with Gasteiger partial charge in [0.2, 0.25) is 0 Å². The number of hydrogen-bond donors (Lipinski definition) is 0. The van der Waals surface area contributed by atoms with E-state index >= 15 is 0 Å². The van der Waals surface area contributed by atoms with E-state index in [0.717, 1.165) is 93.9 Å². The summed E-state index contributed by atoms with van der Waals surface area (Å²) in [6, 6.07) is 105. The van der Waals surface area contributed by atoms with Crippen LogP contribution in [0.15, 0.2) is 423 Å². The number of rotatable bonds is 7. The average molecular weight is 1560 g/mol. The Morgan fingerprint density at radius 3 is 0.984 bits per heavy atom. The van der Waals surface area contributed by atoms with E-state index in [-0.39, 0.29) is 43.6 Å². The van der Waals surface area contributed by atoms with Crippen molar-refractivity contribution < 1.29 is 26.3 Å². The number of anilines is 6. The van der Waals surface area contributed by atoms with Crippen LogP contribution in [0.3, 0.4) is 0 Å². The Bertz CT molecular complexity index is 8740. The van der Waals surface area contributed by atoms with E-state index in [2.05, 4.69) is 246 Å². The van der Waals surface area contributed by atoms with E-state index in [1.165, 1.54) is 55.6 Å². The van der Waals surface area contributed by atoms with Gasteiger partial charge >= 0.3 is 0 Å². The molecule has 0 radical (unpaired) electrons. The molecule has 5 nitrogen and oxygen atoms in total. The molecule has 0 unspecified atom stereocenters. The highest BCUT2D eigenvalue weighted by molar-refractivity contribution is 7.00. The fraction of sp³-hybridized carbons (Fsp3) is 0.0172. The zero-order valence-corrected chi connectivity index (χ0v) is 64.9. The monoisotopic (exact) mass is 1560 g/mol. The fourth-order valence-corrected chi connectivity index (χ4v) is 22.6. The highest BCUT2D eigenvalue weighted by atomic mass is 16.3. The van der Waals surface area contributed by atoms with Crippen LogP contribution < -0.4 is 26.2 Å². The highest BCUT2D eigenvalue weighted by Gasteiger charge is 2.54. The molecule has 6 heteroatoms. The van der Waals surface area contributed by atoms with Gasteiger partial charge in [-0.05, 0) is 231 Å². The van der Waals surface area contributed by atoms with Gasteiger partial charge < -0.3 is 23.4 Å². The number of hydrogen-bond acceptors (Lipinski definition) is 3. The Hall–Kier alpha value is -15.8. The molecule has 3 aromatic heterocycles. The van der Waals surface area contributed by atoms with E-state index in [0.29, 0.717) is 56.7 Å². The smallest absolute Gasteiger partial charge is 0.252 e. The van der Waals surface area contributed by atoms with Crippen LogP contribution in [-0.4, -0.2) is 15.8 Å². The lowest BCUT2D eigenvalue weighted by molar-refractivity contribution is 0.669. The van der Waals surface area contributed by atoms with Crippen molar-refractivity contribution in [1.82, 2.24) is 9.13 Å². The maximum Gasteiger partial charge on any atom is 0.252 e. The van der Waals surface area contributed by atoms with Crippen LogP contribution in [0.4, 0.5) is 34.1 Å². The van der Waals surface area contributed by atoms with Crippen molar-refractivity contribution in [3.05, 3.63) is 463 Å². The van der Waals surface area contributed by atoms with E-state index < -0.39 is 114 Å². The number of fused-ring (bicyclic) bond motifs is 33. The number of benzene rings is 19. The minimum Gasteiger partial charge on any atom is -0.456 e. The van der Waals surface area contributed by atoms with Crippen molar-refractivity contribution in [2.75, 3.05) is 9.80 Å². The van der Waals surface area contributed by atoms with Crippen molar-refractivity contribution in [3.8, 4) is 89.3 Å². The summed E-state index contributed by atoms with van der Waals surface area (Å²) in [5.74, 6) is 0. The van der Waals surface area contributed by atoms with E-state index in [9.17, 15) is 21.9 Å². The molecule has 0 N–H and O–H groups in total. The standard InChI is InChI=1S/C116H69BN4O/c1-14-40-92-78(29-1)79-30-2-15-41-93(79)115(92)96-44-18-5-33-82(96)89-64-71(53-58-98(89)115)76-27-7-20-46-102(76)120-108-68-74(118-104-48-22-9-35-84(104)85-36-10-23-49-105(85)118)56-60-100(108)117-101-61-57-75(119-106-50-24-11-37-86(106)87-38-12-25-51-107(87)119)69-109(101)121(111-67-73(66-110(120)114(111)117)70-55-62-113-91(63-70)88-39-13-26-52-112(88)122-113)103-47-21-8-28-77(103)72-54-59-99-90(65-72)83-34-6-19-45-97(83)116(99)94-42-16-3-31-80(94)81-32-4-17-43-95(81)116/h1-69H/i9D,10D,11D,12D,22D,23D,24D,25D,35D,36D,37D,38D,48D,49D,50D,51D. The molecular formula is C116H69BN4O. The van der Waals surface area contributed by atoms with Crippen LogP contribution in [-0.2, 0) is 10.8 Å². The molecule has 28 rings (SSSR count). The lowest BCUT2D eigenvalue weighted by Gasteiger charge is -2.45. The van der Waals surface area contributed by atoms with Gasteiger partial charge in [-0.25, -0.2) is 0 Å². The number of nitrogens with zero attached hydrogens (tertiary/aromatic N) is 4. The second-order valence-electron chi connectivity index (χ2n) is 32.7. The largest absolute Gasteiger partial charge is 0.456 e. The average Bonchev–Trinajstić information content (AvgIpc) is 1.51. The van der Waals surface area contributed by atoms with Crippen LogP contribution in [0, 0.1) is 0 Å². The number of aromatic nitrogens is 2. The third-order valence-electron chi connectivity index (χ3n) is 27.2. The Labute approximate surface area is 727 Å². The Morgan fingerprint density at radius 2 is 0.566 bits per heavy atom. The second kappa shape index (κ2) is 24.5. The SMILES string of the molecule is [2H]c1c([2H])c([2H])c2c(c1[2H])c1c([2H])c([2H])c([2H])c([2H])c1n2-c1ccc2c(c1)N(c1ccccc1-c1ccc3c(c1)-c1ccccc1C31c3ccccc3-c3ccccc31)c1cc(-c3ccc4oc5ccccc5c4c3)cc3c1B2c1ccc(-n2c4c([2H])c([2H])c([2H])c([2H])c4c4c([2H])c([2H])c([2H])c([2H])c42)cc1N3c1ccccc1-c1ccc2c(c1)-c1ccccc1C21c2ccccc2-c2ccccc21. The molecule has 122 heavy (non-hydrogen) atoms. The zero-order valence-electron chi connectivity index (χ0n) is 80.9. The topological polar surface area (TPSA) is 29.5 Å². The molecule has 0 bridgehead atoms. The fourth-order valence-electron chi connectivity index (χ4n) is 22.6. The van der Waals surface area contributed by atoms with Crippen LogP contribution in [0.5, 0.6) is 0 Å². The summed E-state index contributed by atoms with van der Waals surface area (Å²) in [5, 5.41) is 1.43. The summed E-state index contributed by atoms with van der Waals surface area (Å²) in [4.78, 5) is 4.58. The van der Waals surface area contributed by atoms with Gasteiger partial charge in [-0.1, -0.05) is 315 Å². The predicted octanol–water partition coefficient (Wildman–Crippen LogP) is 27.6. The molecule has 0 amide bonds. The molecule has 0 atom stereocenters. The van der Waals surface area contributed by atoms with Gasteiger partial charge in [0.1, 0.15) is 11.2 Å². The molecule has 562 valence electrons. The Balaban J connectivity index is 0.765. The minimum atomic E-state index is -0.806. The van der Waals surface area contributed by atoms with Crippen LogP contribution in [0.25, 0.3) is 155 Å². The van der Waals surface area contributed by atoms with Gasteiger partial charge in [-0.15, -0.1) is 0 Å². The number of furan rings is 1. The summed E-state index contributed by atoms with van der Waals surface area (Å²) in [6.45, 7) is -0.806. The van der Waals surface area contributed by atoms with Gasteiger partial charge in [-0.2, -0.15) is 0 Å². The Kier molecular flexibility index (Phi) is 10.6. The Morgan fingerprint density at radius 1 is 0.230 bits per heavy atom. The van der Waals surface area contributed by atoms with Gasteiger partial charge in [0.15, 0.2) is 0 Å². The predicted molar refractivity (Wildman–Crippen MR) is 505 cm³/mol. The van der Waals surface area contributed by atoms with Gasteiger partial charge in [0, 0.05) is 77.6 Å². The number of para-hydroxylation sites is 7. The van der Waals surface area contributed by atoms with Gasteiger partial charge in [-0.3, -0.25) is 0 Å². The minimum absolute atomic E-state index is 0.0625. The maximum absolute atomic E-state index is 9.99. The first-order valence-electron chi connectivity index (χ1n) is 49.2. The summed E-state index contributed by atoms with van der Waals surface area (Å²) < 4.78 is 163. The van der Waals surface area contributed by atoms with Crippen LogP contribution >= 0.6 is 0 Å². The van der Waals surface area contributed by atoms with Gasteiger partial charge in [0.25, 0.3) is 6.71 Å². The van der Waals surface area contributed by atoms with Gasteiger partial charge in [0.05, 0.1) is 66.2 Å². The van der Waals surface area contributed by atoms with Crippen molar-refractivity contribution >= 4 is 123 Å². The van der Waals surface area contributed by atoms with E-state index in [1.807, 2.05) is 84.9 Å². The van der Waals surface area contributed by atoms with Crippen molar-refractivity contribution in [2.45, 2.75) is 10.8 Å². The van der Waals surface area contributed by atoms with Crippen molar-refractivity contribution in [2.24, 2.45) is 0 Å². The molecule has 2 spiro atoms. The lowest BCUT2D eigenvalue weighted by atomic mass is 9.33. The van der Waals surface area contributed by atoms with Crippen LogP contribution in [0.2, 0.25) is 0 Å². The quantitative estimate of drug-likeness (QED) is 0.149. The van der Waals surface area contributed by atoms with Crippen molar-refractivity contribution in [1.29, 1.82) is 0 Å². The maximum atomic E-state index is 9.99. The second-order valence-corrected chi connectivity index (χ2v) is 32.7. The first-order chi connectivity index (χ1) is 67.2. The molecule has 5 heterocycles. The van der Waals surface area contributed by atoms with E-state index in [1.54, 1.807) is 9.13 Å². The molecule has 0 fully saturated rings. The lowest BCUT2D eigenvalue weighted by Crippen LogP contribution is -2.61. The molecular weight excluding hydrogens is 1480 g/mol. The normalized spacial score (nSPS) is 15.8. The first kappa shape index (κ1) is 52.8. The molecule has 0 saturated carbocycles. The summed E-state index contributed by atoms with van der Waals surface area (Å²) >= 11 is 0. The van der Waals surface area contributed by atoms with E-state index in [4.69, 9.17) is 4.42 Å². The first-order valence-corrected chi connectivity index (χ1v) is 41.2. The molecule has 6 aliphatic rings. The third kappa shape index (κ3) is 8.56. The highest BCUT2D eigenvalue weighted by Crippen LogP contribution is 2.66. The van der Waals surface area contributed by atoms with Crippen molar-refractivity contribution in [3.63, 3.8) is 0 Å². The molecule has 4 aliphatic carbocycles. The third-order valence-corrected chi connectivity index (χ3v) is 27.2. The van der Waals surface area contributed by atoms with Crippen LogP contribution in [0.1, 0.15) is 66.4 Å². The zero-order chi connectivity index (χ0) is 93.3. The molecule has 19 aromatic carbocycles. The molecule has 2 aliphatic heterocycles. The summed E-state index contributed by atoms with van der Waals surface area (Å²) in [6.07, 6.45) is 0. The molecule has 0 saturated heterocycles. The molecule has 22 aromatic rings. The summed E-state index contributed by atoms with van der Waals surface area (Å²) in [7, 11) is 0.